The van der Waals surface area contributed by atoms with Gasteiger partial charge in [-0.2, -0.15) is 5.10 Å². The Hall–Kier alpha value is -1.36. The summed E-state index contributed by atoms with van der Waals surface area (Å²) in [7, 11) is 0. The molecule has 0 saturated heterocycles. The minimum Gasteiger partial charge on any atom is -0.370 e. The molecule has 1 aromatic heterocycles. The Morgan fingerprint density at radius 2 is 2.29 bits per heavy atom. The largest absolute Gasteiger partial charge is 0.370 e. The number of nitrogens with one attached hydrogen (secondary N) is 2. The molecular weight excluding hydrogens is 218 g/mol. The minimum absolute atomic E-state index is 0.0538. The van der Waals surface area contributed by atoms with Crippen molar-refractivity contribution in [3.8, 4) is 0 Å². The van der Waals surface area contributed by atoms with E-state index in [1.165, 1.54) is 0 Å². The molecule has 1 aliphatic heterocycles. The lowest BCUT2D eigenvalue weighted by Gasteiger charge is -2.44. The number of carbonyl (C=O) groups is 1. The van der Waals surface area contributed by atoms with Crippen molar-refractivity contribution in [1.82, 2.24) is 15.5 Å². The number of hydrogen-bond acceptors (Lipinski definition) is 3. The van der Waals surface area contributed by atoms with E-state index in [4.69, 9.17) is 4.74 Å². The molecule has 0 bridgehead atoms. The summed E-state index contributed by atoms with van der Waals surface area (Å²) in [5.41, 5.74) is 2.29. The van der Waals surface area contributed by atoms with Gasteiger partial charge in [0.25, 0.3) is 5.91 Å². The zero-order valence-corrected chi connectivity index (χ0v) is 10.2. The standard InChI is InChI=1S/C12H17N3O2/c1-7-3-12(2,4-7)13-11(16)10-8-5-17-6-9(8)14-15-10/h7H,3-6H2,1-2H3,(H,13,16)(H,14,15). The summed E-state index contributed by atoms with van der Waals surface area (Å²) in [5, 5.41) is 10.0. The summed E-state index contributed by atoms with van der Waals surface area (Å²) in [4.78, 5) is 12.1. The first-order valence-corrected chi connectivity index (χ1v) is 6.04. The molecule has 0 atom stereocenters. The van der Waals surface area contributed by atoms with Crippen LogP contribution in [0.15, 0.2) is 0 Å². The van der Waals surface area contributed by atoms with E-state index in [-0.39, 0.29) is 11.4 Å². The summed E-state index contributed by atoms with van der Waals surface area (Å²) >= 11 is 0. The van der Waals surface area contributed by atoms with Crippen molar-refractivity contribution in [1.29, 1.82) is 0 Å². The number of hydrogen-bond donors (Lipinski definition) is 2. The summed E-state index contributed by atoms with van der Waals surface area (Å²) in [6, 6.07) is 0. The van der Waals surface area contributed by atoms with Gasteiger partial charge in [-0.3, -0.25) is 9.89 Å². The highest BCUT2D eigenvalue weighted by Gasteiger charge is 2.39. The van der Waals surface area contributed by atoms with Crippen LogP contribution in [0.5, 0.6) is 0 Å². The third-order valence-corrected chi connectivity index (χ3v) is 3.67. The van der Waals surface area contributed by atoms with Gasteiger partial charge in [-0.25, -0.2) is 0 Å². The Balaban J connectivity index is 1.74. The normalized spacial score (nSPS) is 30.8. The zero-order chi connectivity index (χ0) is 12.0. The smallest absolute Gasteiger partial charge is 0.272 e. The van der Waals surface area contributed by atoms with Gasteiger partial charge >= 0.3 is 0 Å². The molecule has 2 N–H and O–H groups in total. The molecular formula is C12H17N3O2. The predicted octanol–water partition coefficient (Wildman–Crippen LogP) is 1.36. The van der Waals surface area contributed by atoms with Gasteiger partial charge in [-0.15, -0.1) is 0 Å². The fourth-order valence-electron chi connectivity index (χ4n) is 3.03. The third kappa shape index (κ3) is 1.74. The zero-order valence-electron chi connectivity index (χ0n) is 10.2. The van der Waals surface area contributed by atoms with Crippen LogP contribution < -0.4 is 5.32 Å². The quantitative estimate of drug-likeness (QED) is 0.813. The predicted molar refractivity (Wildman–Crippen MR) is 61.3 cm³/mol. The molecule has 3 rings (SSSR count). The molecule has 0 unspecified atom stereocenters. The van der Waals surface area contributed by atoms with Crippen LogP contribution in [0.1, 0.15) is 48.4 Å². The van der Waals surface area contributed by atoms with Gasteiger partial charge in [0, 0.05) is 11.1 Å². The fourth-order valence-corrected chi connectivity index (χ4v) is 3.03. The van der Waals surface area contributed by atoms with Crippen molar-refractivity contribution in [3.05, 3.63) is 17.0 Å². The number of H-pyrrole nitrogens is 1. The molecule has 5 nitrogen and oxygen atoms in total. The third-order valence-electron chi connectivity index (χ3n) is 3.67. The van der Waals surface area contributed by atoms with Crippen LogP contribution in [-0.2, 0) is 18.0 Å². The minimum atomic E-state index is -0.0811. The number of carbonyl (C=O) groups excluding carboxylic acids is 1. The Kier molecular flexibility index (Phi) is 2.26. The van der Waals surface area contributed by atoms with Crippen molar-refractivity contribution in [2.24, 2.45) is 5.92 Å². The molecule has 0 radical (unpaired) electrons. The van der Waals surface area contributed by atoms with Crippen LogP contribution >= 0.6 is 0 Å². The van der Waals surface area contributed by atoms with Crippen LogP contribution in [0.2, 0.25) is 0 Å². The Labute approximate surface area is 99.9 Å². The molecule has 1 aliphatic carbocycles. The monoisotopic (exact) mass is 235 g/mol. The highest BCUT2D eigenvalue weighted by Crippen LogP contribution is 2.37. The summed E-state index contributed by atoms with van der Waals surface area (Å²) in [5.74, 6) is 0.621. The highest BCUT2D eigenvalue weighted by atomic mass is 16.5. The number of nitrogens with zero attached hydrogens (tertiary/aromatic N) is 1. The van der Waals surface area contributed by atoms with Gasteiger partial charge < -0.3 is 10.1 Å². The maximum absolute atomic E-state index is 12.1. The average molecular weight is 235 g/mol. The second-order valence-electron chi connectivity index (χ2n) is 5.55. The van der Waals surface area contributed by atoms with Crippen molar-refractivity contribution >= 4 is 5.91 Å². The molecule has 1 amide bonds. The second kappa shape index (κ2) is 3.57. The van der Waals surface area contributed by atoms with Gasteiger partial charge in [0.15, 0.2) is 5.69 Å². The Morgan fingerprint density at radius 1 is 1.53 bits per heavy atom. The molecule has 2 heterocycles. The van der Waals surface area contributed by atoms with Gasteiger partial charge in [0.05, 0.1) is 18.9 Å². The van der Waals surface area contributed by atoms with Gasteiger partial charge in [0.2, 0.25) is 0 Å². The first-order chi connectivity index (χ1) is 8.07. The number of rotatable bonds is 2. The fraction of sp³-hybridized carbons (Fsp3) is 0.667. The maximum atomic E-state index is 12.1. The summed E-state index contributed by atoms with van der Waals surface area (Å²) in [6.07, 6.45) is 2.09. The van der Waals surface area contributed by atoms with E-state index >= 15 is 0 Å². The first-order valence-electron chi connectivity index (χ1n) is 6.04. The Morgan fingerprint density at radius 3 is 3.00 bits per heavy atom. The van der Waals surface area contributed by atoms with Crippen molar-refractivity contribution < 1.29 is 9.53 Å². The molecule has 17 heavy (non-hydrogen) atoms. The van der Waals surface area contributed by atoms with E-state index in [0.717, 1.165) is 24.1 Å². The summed E-state index contributed by atoms with van der Waals surface area (Å²) < 4.78 is 5.28. The van der Waals surface area contributed by atoms with Gasteiger partial charge in [0.1, 0.15) is 0 Å². The van der Waals surface area contributed by atoms with Crippen LogP contribution in [0.25, 0.3) is 0 Å². The Bertz CT molecular complexity index is 460. The van der Waals surface area contributed by atoms with E-state index in [9.17, 15) is 4.79 Å². The summed E-state index contributed by atoms with van der Waals surface area (Å²) in [6.45, 7) is 5.31. The molecule has 2 aliphatic rings. The lowest BCUT2D eigenvalue weighted by atomic mass is 9.70. The molecule has 0 spiro atoms. The van der Waals surface area contributed by atoms with Crippen LogP contribution in [-0.4, -0.2) is 21.6 Å². The SMILES string of the molecule is CC1CC(C)(NC(=O)c2n[nH]c3c2COC3)C1. The van der Waals surface area contributed by atoms with Crippen LogP contribution in [0.3, 0.4) is 0 Å². The highest BCUT2D eigenvalue weighted by molar-refractivity contribution is 5.94. The molecule has 1 aromatic rings. The van der Waals surface area contributed by atoms with E-state index in [2.05, 4.69) is 29.4 Å². The lowest BCUT2D eigenvalue weighted by Crippen LogP contribution is -2.54. The maximum Gasteiger partial charge on any atom is 0.272 e. The number of aromatic nitrogens is 2. The molecule has 1 saturated carbocycles. The second-order valence-corrected chi connectivity index (χ2v) is 5.55. The van der Waals surface area contributed by atoms with E-state index in [1.807, 2.05) is 0 Å². The molecule has 92 valence electrons. The van der Waals surface area contributed by atoms with Crippen LogP contribution in [0, 0.1) is 5.92 Å². The number of ether oxygens (including phenoxy) is 1. The average Bonchev–Trinajstić information content (AvgIpc) is 2.74. The topological polar surface area (TPSA) is 67.0 Å². The molecule has 5 heteroatoms. The van der Waals surface area contributed by atoms with Crippen molar-refractivity contribution in [3.63, 3.8) is 0 Å². The molecule has 1 fully saturated rings. The van der Waals surface area contributed by atoms with Crippen molar-refractivity contribution in [2.75, 3.05) is 0 Å². The van der Waals surface area contributed by atoms with Crippen molar-refractivity contribution in [2.45, 2.75) is 45.4 Å². The first kappa shape index (κ1) is 10.8. The van der Waals surface area contributed by atoms with Crippen LogP contribution in [0.4, 0.5) is 0 Å². The molecule has 0 aromatic carbocycles. The van der Waals surface area contributed by atoms with Gasteiger partial charge in [-0.1, -0.05) is 6.92 Å². The van der Waals surface area contributed by atoms with E-state index in [1.54, 1.807) is 0 Å². The number of fused-ring (bicyclic) bond motifs is 1. The van der Waals surface area contributed by atoms with E-state index in [0.29, 0.717) is 24.8 Å². The number of aromatic amines is 1. The number of amides is 1. The van der Waals surface area contributed by atoms with Gasteiger partial charge in [-0.05, 0) is 25.7 Å². The van der Waals surface area contributed by atoms with E-state index < -0.39 is 0 Å². The lowest BCUT2D eigenvalue weighted by molar-refractivity contribution is 0.0761.